The van der Waals surface area contributed by atoms with E-state index in [0.717, 1.165) is 31.0 Å². The van der Waals surface area contributed by atoms with Crippen molar-refractivity contribution >= 4 is 64.7 Å². The molecule has 9 amide bonds. The van der Waals surface area contributed by atoms with Crippen LogP contribution in [0.15, 0.2) is 12.2 Å². The topological polar surface area (TPSA) is 305 Å². The Balaban J connectivity index is 3.00. The van der Waals surface area contributed by atoms with E-state index in [1.165, 1.54) is 80.6 Å². The summed E-state index contributed by atoms with van der Waals surface area (Å²) in [5, 5.41) is 30.9. The summed E-state index contributed by atoms with van der Waals surface area (Å²) in [5.74, 6) is -11.4. The van der Waals surface area contributed by atoms with Crippen LogP contribution in [0.5, 0.6) is 0 Å². The molecule has 0 aromatic carbocycles. The first-order valence-electron chi connectivity index (χ1n) is 36.0. The molecule has 562 valence electrons. The summed E-state index contributed by atoms with van der Waals surface area (Å²) in [4.78, 5) is 173. The van der Waals surface area contributed by atoms with Crippen LogP contribution in [0.25, 0.3) is 0 Å². The van der Waals surface area contributed by atoms with Gasteiger partial charge >= 0.3 is 0 Å². The van der Waals surface area contributed by atoms with Crippen LogP contribution in [-0.2, 0) is 62.2 Å². The first-order chi connectivity index (χ1) is 45.4. The van der Waals surface area contributed by atoms with Crippen molar-refractivity contribution in [2.45, 2.75) is 261 Å². The number of aliphatic hydroxyl groups is 2. The molecule has 14 atom stereocenters. The molecule has 2 heterocycles. The Kier molecular flexibility index (Phi) is 37.0. The predicted molar refractivity (Wildman–Crippen MR) is 378 cm³/mol. The molecule has 0 unspecified atom stereocenters. The van der Waals surface area contributed by atoms with Crippen molar-refractivity contribution in [1.29, 1.82) is 0 Å². The molecule has 0 radical (unpaired) electrons. The van der Waals surface area contributed by atoms with Crippen LogP contribution < -0.4 is 16.0 Å². The van der Waals surface area contributed by atoms with Gasteiger partial charge < -0.3 is 65.0 Å². The minimum absolute atomic E-state index is 0.0255. The van der Waals surface area contributed by atoms with Gasteiger partial charge in [-0.2, -0.15) is 0 Å². The lowest BCUT2D eigenvalue weighted by Gasteiger charge is -2.40. The normalized spacial score (nSPS) is 27.3. The Hall–Kier alpha value is -5.89. The summed E-state index contributed by atoms with van der Waals surface area (Å²) in [5.41, 5.74) is -1.03. The molecule has 25 nitrogen and oxygen atoms in total. The molecule has 2 rings (SSSR count). The zero-order valence-electron chi connectivity index (χ0n) is 64.3. The maximum Gasteiger partial charge on any atom is 0.245 e. The van der Waals surface area contributed by atoms with Crippen molar-refractivity contribution in [3.63, 3.8) is 0 Å². The lowest BCUT2D eigenvalue weighted by molar-refractivity contribution is -0.154. The number of nitrogens with one attached hydrogen (secondary N) is 3. The number of Topliss-reactive ketones (excluding diaryl/α,β-unsaturated/α-hetero) is 2. The second-order valence-electron chi connectivity index (χ2n) is 30.6. The molecule has 2 saturated heterocycles. The van der Waals surface area contributed by atoms with Crippen molar-refractivity contribution in [2.75, 3.05) is 81.7 Å². The van der Waals surface area contributed by atoms with Crippen molar-refractivity contribution in [3.05, 3.63) is 12.2 Å². The van der Waals surface area contributed by atoms with Gasteiger partial charge in [-0.1, -0.05) is 102 Å². The van der Waals surface area contributed by atoms with Crippen LogP contribution in [0.2, 0.25) is 0 Å². The third-order valence-electron chi connectivity index (χ3n) is 19.4. The van der Waals surface area contributed by atoms with Crippen LogP contribution in [0.3, 0.4) is 0 Å². The number of likely N-dealkylation sites (N-methyl/N-ethyl adjacent to an activating group) is 6. The number of hydrogen-bond donors (Lipinski definition) is 5. The highest BCUT2D eigenvalue weighted by molar-refractivity contribution is 6.00. The van der Waals surface area contributed by atoms with E-state index < -0.39 is 167 Å². The molecule has 0 aromatic rings. The van der Waals surface area contributed by atoms with Crippen LogP contribution in [-0.4, -0.2) is 263 Å². The zero-order valence-corrected chi connectivity index (χ0v) is 64.3. The standard InChI is InChI=1S/C73H130N10O15/c1-25-54-70(93)77(19)51(15)68(91)82(24)62(52(16)98-35-29-28-32-83-33-36-97-37-34-83)59(85)42-53(46(8)9)69(92)78(20)55(38-43(2)3)58(84)41-49(13)64(87)74-50(14)67(90)79(21)56(39-44(4)5)71(94)80(22)57(40-45(6)7)72(95)81(23)61(47(10)11)66(89)76-60(65(88)75-54)63(86)48(12)30-26-27-31-73(17,18)96/h26-27,43-57,60-63,86,96H,25,28-42H2,1-24H3,(H,74,87)(H,75,88)(H,76,89)/b27-26+/t48-,49-,50-,51-,52-,53+,54+,55+,56+,57+,60+,61+,62+,63-/m1/s1. The summed E-state index contributed by atoms with van der Waals surface area (Å²) in [6, 6.07) is -11.5. The molecule has 2 aliphatic heterocycles. The number of hydrogen-bond acceptors (Lipinski definition) is 16. The molecular formula is C73H130N10O15. The van der Waals surface area contributed by atoms with Gasteiger partial charge in [0.15, 0.2) is 11.6 Å². The van der Waals surface area contributed by atoms with Gasteiger partial charge in [0.25, 0.3) is 0 Å². The monoisotopic (exact) mass is 1390 g/mol. The number of nitrogens with zero attached hydrogens (tertiary/aromatic N) is 7. The van der Waals surface area contributed by atoms with Crippen LogP contribution >= 0.6 is 0 Å². The molecule has 2 aliphatic rings. The van der Waals surface area contributed by atoms with Gasteiger partial charge in [0.05, 0.1) is 37.1 Å². The minimum atomic E-state index is -1.74. The first-order valence-corrected chi connectivity index (χ1v) is 36.0. The smallest absolute Gasteiger partial charge is 0.245 e. The highest BCUT2D eigenvalue weighted by Gasteiger charge is 2.45. The predicted octanol–water partition coefficient (Wildman–Crippen LogP) is 5.11. The highest BCUT2D eigenvalue weighted by atomic mass is 16.5. The molecule has 0 aromatic heterocycles. The third kappa shape index (κ3) is 26.6. The van der Waals surface area contributed by atoms with Gasteiger partial charge in [-0.05, 0) is 128 Å². The summed E-state index contributed by atoms with van der Waals surface area (Å²) in [7, 11) is 8.65. The summed E-state index contributed by atoms with van der Waals surface area (Å²) < 4.78 is 11.9. The molecule has 0 saturated carbocycles. The molecule has 98 heavy (non-hydrogen) atoms. The van der Waals surface area contributed by atoms with E-state index in [-0.39, 0.29) is 75.7 Å². The maximum atomic E-state index is 15.2. The quantitative estimate of drug-likeness (QED) is 0.0695. The Bertz CT molecular complexity index is 2660. The third-order valence-corrected chi connectivity index (χ3v) is 19.4. The van der Waals surface area contributed by atoms with E-state index in [4.69, 9.17) is 9.47 Å². The first kappa shape index (κ1) is 88.2. The van der Waals surface area contributed by atoms with Crippen molar-refractivity contribution in [1.82, 2.24) is 50.2 Å². The zero-order chi connectivity index (χ0) is 75.1. The van der Waals surface area contributed by atoms with Gasteiger partial charge in [-0.15, -0.1) is 0 Å². The number of amides is 9. The van der Waals surface area contributed by atoms with Crippen molar-refractivity contribution in [2.24, 2.45) is 47.3 Å². The van der Waals surface area contributed by atoms with E-state index in [1.807, 2.05) is 41.5 Å². The van der Waals surface area contributed by atoms with Gasteiger partial charge in [-0.25, -0.2) is 0 Å². The van der Waals surface area contributed by atoms with Crippen molar-refractivity contribution in [3.8, 4) is 0 Å². The largest absolute Gasteiger partial charge is 0.390 e. The lowest BCUT2D eigenvalue weighted by Crippen LogP contribution is -2.63. The number of carbonyl (C=O) groups is 11. The molecule has 0 spiro atoms. The average molecular weight is 1390 g/mol. The van der Waals surface area contributed by atoms with Gasteiger partial charge in [0.1, 0.15) is 48.3 Å². The fourth-order valence-electron chi connectivity index (χ4n) is 12.9. The number of ether oxygens (including phenoxy) is 2. The molecule has 2 fully saturated rings. The van der Waals surface area contributed by atoms with E-state index in [9.17, 15) is 34.2 Å². The fourth-order valence-corrected chi connectivity index (χ4v) is 12.9. The van der Waals surface area contributed by atoms with Crippen LogP contribution in [0.1, 0.15) is 189 Å². The average Bonchev–Trinajstić information content (AvgIpc) is 0.816. The summed E-state index contributed by atoms with van der Waals surface area (Å²) in [6.07, 6.45) is 2.60. The second-order valence-corrected chi connectivity index (χ2v) is 30.6. The van der Waals surface area contributed by atoms with E-state index in [1.54, 1.807) is 81.4 Å². The minimum Gasteiger partial charge on any atom is -0.390 e. The molecule has 25 heteroatoms. The van der Waals surface area contributed by atoms with E-state index in [2.05, 4.69) is 20.9 Å². The van der Waals surface area contributed by atoms with Crippen LogP contribution in [0.4, 0.5) is 0 Å². The number of unbranched alkanes of at least 4 members (excludes halogenated alkanes) is 1. The Morgan fingerprint density at radius 3 is 1.58 bits per heavy atom. The van der Waals surface area contributed by atoms with Gasteiger partial charge in [-0.3, -0.25) is 57.6 Å². The molecule has 5 N–H and O–H groups in total. The lowest BCUT2D eigenvalue weighted by atomic mass is 9.85. The van der Waals surface area contributed by atoms with Gasteiger partial charge in [0.2, 0.25) is 53.2 Å². The van der Waals surface area contributed by atoms with E-state index >= 15 is 28.8 Å². The molecule has 0 aliphatic carbocycles. The highest BCUT2D eigenvalue weighted by Crippen LogP contribution is 2.28. The number of aliphatic hydroxyl groups excluding tert-OH is 1. The molecular weight excluding hydrogens is 1260 g/mol. The number of carbonyl (C=O) groups excluding carboxylic acids is 11. The summed E-state index contributed by atoms with van der Waals surface area (Å²) >= 11 is 0. The Morgan fingerprint density at radius 2 is 1.07 bits per heavy atom. The Labute approximate surface area is 587 Å². The maximum absolute atomic E-state index is 15.2. The van der Waals surface area contributed by atoms with Crippen LogP contribution in [0, 0.1) is 47.3 Å². The number of allylic oxidation sites excluding steroid dienone is 1. The second kappa shape index (κ2) is 41.1. The Morgan fingerprint density at radius 1 is 0.561 bits per heavy atom. The molecule has 0 bridgehead atoms. The number of ketones is 2. The van der Waals surface area contributed by atoms with E-state index in [0.29, 0.717) is 19.6 Å². The SMILES string of the molecule is CC[C@@H]1NC(=O)[C@H]([C@H](O)[C@H](C)C/C=C/CC(C)(C)O)NC(=O)[C@H](C(C)C)N(C)C(=O)[C@H](CC(C)C)N(C)C(=O)[C@H](CC(C)C)N(C)C(=O)[C@@H](C)NC(=O)[C@H](C)CC(=O)[C@H](CC(C)C)N(C)C(=O)[C@H](C(C)C)CC(=O)[C@H]([C@@H](C)OCCCCN2CCOCC2)N(C)C(=O)[C@@H](C)N(C)C1=O. The fraction of sp³-hybridized carbons (Fsp3) is 0.822. The summed E-state index contributed by atoms with van der Waals surface area (Å²) in [6.45, 7) is 35.0. The number of morpholine rings is 1. The number of rotatable bonds is 22. The van der Waals surface area contributed by atoms with Gasteiger partial charge in [0, 0.05) is 86.7 Å². The van der Waals surface area contributed by atoms with Crippen molar-refractivity contribution < 1.29 is 72.4 Å².